The molecule has 0 spiro atoms. The molecule has 7 nitrogen and oxygen atoms in total. The second-order valence-corrected chi connectivity index (χ2v) is 6.91. The molecule has 0 aliphatic carbocycles. The number of aliphatic hydroxyl groups excluding tert-OH is 3. The van der Waals surface area contributed by atoms with E-state index in [1.807, 2.05) is 13.8 Å². The second-order valence-electron chi connectivity index (χ2n) is 6.91. The molecular weight excluding hydrogens is 316 g/mol. The molecule has 0 unspecified atom stereocenters. The zero-order valence-corrected chi connectivity index (χ0v) is 14.8. The summed E-state index contributed by atoms with van der Waals surface area (Å²) in [4.78, 5) is 0. The SMILES string of the molecule is CCCCOC[C@H](O)[C@@H]1O[C@H]2CC[C@@H](OC(C)C)O[C@@H]2[C@H](O)[C@@H]1O. The molecule has 2 aliphatic heterocycles. The molecule has 0 aromatic carbocycles. The summed E-state index contributed by atoms with van der Waals surface area (Å²) in [6.07, 6.45) is -2.41. The Kier molecular flexibility index (Phi) is 7.87. The Bertz CT molecular complexity index is 363. The Hall–Kier alpha value is -0.280. The first kappa shape index (κ1) is 20.0. The van der Waals surface area contributed by atoms with E-state index in [1.165, 1.54) is 0 Å². The van der Waals surface area contributed by atoms with Gasteiger partial charge in [-0.2, -0.15) is 0 Å². The molecule has 2 fully saturated rings. The number of rotatable bonds is 8. The average Bonchev–Trinajstić information content (AvgIpc) is 2.54. The molecule has 0 amide bonds. The third-order valence-corrected chi connectivity index (χ3v) is 4.45. The molecule has 24 heavy (non-hydrogen) atoms. The fourth-order valence-electron chi connectivity index (χ4n) is 3.18. The van der Waals surface area contributed by atoms with Gasteiger partial charge in [-0.05, 0) is 26.7 Å². The highest BCUT2D eigenvalue weighted by atomic mass is 16.7. The Morgan fingerprint density at radius 2 is 1.88 bits per heavy atom. The van der Waals surface area contributed by atoms with Crippen molar-refractivity contribution in [3.8, 4) is 0 Å². The molecular formula is C17H32O7. The van der Waals surface area contributed by atoms with Crippen molar-refractivity contribution in [3.05, 3.63) is 0 Å². The number of fused-ring (bicyclic) bond motifs is 1. The number of ether oxygens (including phenoxy) is 4. The van der Waals surface area contributed by atoms with Crippen LogP contribution in [0, 0.1) is 0 Å². The van der Waals surface area contributed by atoms with Crippen molar-refractivity contribution < 1.29 is 34.3 Å². The van der Waals surface area contributed by atoms with Crippen molar-refractivity contribution in [3.63, 3.8) is 0 Å². The van der Waals surface area contributed by atoms with Crippen LogP contribution in [0.25, 0.3) is 0 Å². The van der Waals surface area contributed by atoms with E-state index in [2.05, 4.69) is 6.92 Å². The lowest BCUT2D eigenvalue weighted by Crippen LogP contribution is -2.64. The van der Waals surface area contributed by atoms with E-state index < -0.39 is 36.8 Å². The normalized spacial score (nSPS) is 38.1. The Morgan fingerprint density at radius 1 is 1.12 bits per heavy atom. The maximum absolute atomic E-state index is 10.4. The van der Waals surface area contributed by atoms with E-state index in [9.17, 15) is 15.3 Å². The van der Waals surface area contributed by atoms with Crippen LogP contribution in [-0.4, -0.2) is 77.6 Å². The lowest BCUT2D eigenvalue weighted by atomic mass is 9.89. The van der Waals surface area contributed by atoms with Crippen molar-refractivity contribution in [2.75, 3.05) is 13.2 Å². The van der Waals surface area contributed by atoms with Gasteiger partial charge in [-0.15, -0.1) is 0 Å². The largest absolute Gasteiger partial charge is 0.388 e. The van der Waals surface area contributed by atoms with Gasteiger partial charge in [-0.25, -0.2) is 0 Å². The summed E-state index contributed by atoms with van der Waals surface area (Å²) in [5.41, 5.74) is 0. The van der Waals surface area contributed by atoms with Crippen LogP contribution < -0.4 is 0 Å². The van der Waals surface area contributed by atoms with Crippen LogP contribution in [0.4, 0.5) is 0 Å². The van der Waals surface area contributed by atoms with Gasteiger partial charge in [-0.1, -0.05) is 13.3 Å². The van der Waals surface area contributed by atoms with Crippen molar-refractivity contribution in [1.82, 2.24) is 0 Å². The summed E-state index contributed by atoms with van der Waals surface area (Å²) >= 11 is 0. The molecule has 0 saturated carbocycles. The standard InChI is InChI=1S/C17H32O7/c1-4-5-8-21-9-11(18)16-14(19)15(20)17-12(23-16)6-7-13(24-17)22-10(2)3/h10-20H,4-9H2,1-3H3/t11-,12-,13-,14-,15+,16-,17-/m0/s1. The fourth-order valence-corrected chi connectivity index (χ4v) is 3.18. The molecule has 2 rings (SSSR count). The quantitative estimate of drug-likeness (QED) is 0.552. The predicted molar refractivity (Wildman–Crippen MR) is 86.5 cm³/mol. The van der Waals surface area contributed by atoms with Crippen LogP contribution in [0.2, 0.25) is 0 Å². The van der Waals surface area contributed by atoms with E-state index in [1.54, 1.807) is 0 Å². The zero-order chi connectivity index (χ0) is 17.7. The number of hydrogen-bond donors (Lipinski definition) is 3. The summed E-state index contributed by atoms with van der Waals surface area (Å²) in [5.74, 6) is 0. The molecule has 7 atom stereocenters. The monoisotopic (exact) mass is 348 g/mol. The highest BCUT2D eigenvalue weighted by molar-refractivity contribution is 4.97. The predicted octanol–water partition coefficient (Wildman–Crippen LogP) is 0.583. The van der Waals surface area contributed by atoms with Gasteiger partial charge in [0.15, 0.2) is 6.29 Å². The molecule has 0 radical (unpaired) electrons. The average molecular weight is 348 g/mol. The van der Waals surface area contributed by atoms with E-state index in [0.717, 1.165) is 12.8 Å². The highest BCUT2D eigenvalue weighted by Crippen LogP contribution is 2.33. The molecule has 142 valence electrons. The van der Waals surface area contributed by atoms with Gasteiger partial charge in [0, 0.05) is 13.0 Å². The van der Waals surface area contributed by atoms with Crippen molar-refractivity contribution >= 4 is 0 Å². The first-order chi connectivity index (χ1) is 11.4. The topological polar surface area (TPSA) is 97.6 Å². The van der Waals surface area contributed by atoms with Gasteiger partial charge in [0.05, 0.1) is 18.8 Å². The first-order valence-corrected chi connectivity index (χ1v) is 9.02. The fraction of sp³-hybridized carbons (Fsp3) is 1.00. The summed E-state index contributed by atoms with van der Waals surface area (Å²) < 4.78 is 22.6. The summed E-state index contributed by atoms with van der Waals surface area (Å²) in [5, 5.41) is 30.9. The van der Waals surface area contributed by atoms with E-state index in [0.29, 0.717) is 19.4 Å². The molecule has 7 heteroatoms. The van der Waals surface area contributed by atoms with E-state index in [-0.39, 0.29) is 18.8 Å². The van der Waals surface area contributed by atoms with Gasteiger partial charge in [0.1, 0.15) is 30.5 Å². The Morgan fingerprint density at radius 3 is 2.54 bits per heavy atom. The lowest BCUT2D eigenvalue weighted by molar-refractivity contribution is -0.315. The van der Waals surface area contributed by atoms with Gasteiger partial charge in [0.25, 0.3) is 0 Å². The van der Waals surface area contributed by atoms with Gasteiger partial charge in [0.2, 0.25) is 0 Å². The van der Waals surface area contributed by atoms with E-state index in [4.69, 9.17) is 18.9 Å². The minimum Gasteiger partial charge on any atom is -0.388 e. The third-order valence-electron chi connectivity index (χ3n) is 4.45. The third kappa shape index (κ3) is 5.11. The zero-order valence-electron chi connectivity index (χ0n) is 14.8. The molecule has 2 aliphatic rings. The highest BCUT2D eigenvalue weighted by Gasteiger charge is 2.50. The number of aliphatic hydroxyl groups is 3. The molecule has 0 aromatic rings. The number of hydrogen-bond acceptors (Lipinski definition) is 7. The van der Waals surface area contributed by atoms with Crippen LogP contribution in [0.3, 0.4) is 0 Å². The minimum atomic E-state index is -1.23. The summed E-state index contributed by atoms with van der Waals surface area (Å²) in [6, 6.07) is 0. The van der Waals surface area contributed by atoms with E-state index >= 15 is 0 Å². The van der Waals surface area contributed by atoms with Gasteiger partial charge < -0.3 is 34.3 Å². The summed E-state index contributed by atoms with van der Waals surface area (Å²) in [7, 11) is 0. The molecule has 2 saturated heterocycles. The van der Waals surface area contributed by atoms with Crippen LogP contribution in [0.1, 0.15) is 46.5 Å². The smallest absolute Gasteiger partial charge is 0.158 e. The number of unbranched alkanes of at least 4 members (excludes halogenated alkanes) is 1. The van der Waals surface area contributed by atoms with Crippen molar-refractivity contribution in [2.24, 2.45) is 0 Å². The Balaban J connectivity index is 1.89. The molecule has 0 aromatic heterocycles. The van der Waals surface area contributed by atoms with Crippen LogP contribution in [-0.2, 0) is 18.9 Å². The van der Waals surface area contributed by atoms with Crippen LogP contribution in [0.15, 0.2) is 0 Å². The second kappa shape index (κ2) is 9.43. The maximum atomic E-state index is 10.4. The Labute approximate surface area is 143 Å². The first-order valence-electron chi connectivity index (χ1n) is 9.02. The minimum absolute atomic E-state index is 0.0213. The van der Waals surface area contributed by atoms with Crippen LogP contribution in [0.5, 0.6) is 0 Å². The molecule has 2 heterocycles. The van der Waals surface area contributed by atoms with Gasteiger partial charge in [-0.3, -0.25) is 0 Å². The lowest BCUT2D eigenvalue weighted by Gasteiger charge is -2.47. The van der Waals surface area contributed by atoms with Crippen LogP contribution >= 0.6 is 0 Å². The van der Waals surface area contributed by atoms with Crippen molar-refractivity contribution in [2.45, 2.75) is 95.5 Å². The maximum Gasteiger partial charge on any atom is 0.158 e. The summed E-state index contributed by atoms with van der Waals surface area (Å²) in [6.45, 7) is 6.53. The molecule has 0 bridgehead atoms. The van der Waals surface area contributed by atoms with Gasteiger partial charge >= 0.3 is 0 Å². The molecule has 3 N–H and O–H groups in total. The van der Waals surface area contributed by atoms with Crippen molar-refractivity contribution in [1.29, 1.82) is 0 Å².